The van der Waals surface area contributed by atoms with Crippen molar-refractivity contribution in [2.75, 3.05) is 27.4 Å². The molecule has 8 nitrogen and oxygen atoms in total. The molecule has 0 unspecified atom stereocenters. The number of nitrogens with zero attached hydrogens (tertiary/aromatic N) is 3. The van der Waals surface area contributed by atoms with E-state index in [1.807, 2.05) is 0 Å². The highest BCUT2D eigenvalue weighted by Crippen LogP contribution is 2.65. The molecule has 294 valence electrons. The number of alkyl halides is 17. The van der Waals surface area contributed by atoms with E-state index in [1.54, 1.807) is 0 Å². The SMILES string of the molecule is Nc1ccc(Nc2nc(Nc3ccc(N)cc3)nc(Nc3ccc(C(F)(F)C(F)(F)C(F)(F)C(F)(F)C(F)(F)C(F)(F)C(F)(F)C(F)(F)F)cc3)n2)cc1. The van der Waals surface area contributed by atoms with Crippen LogP contribution >= 0.6 is 0 Å². The summed E-state index contributed by atoms with van der Waals surface area (Å²) in [6.45, 7) is 0. The Kier molecular flexibility index (Phi) is 10.2. The first-order valence-electron chi connectivity index (χ1n) is 14.1. The maximum absolute atomic E-state index is 14.8. The normalized spacial score (nSPS) is 13.8. The highest BCUT2D eigenvalue weighted by molar-refractivity contribution is 5.64. The Hall–Kier alpha value is -5.52. The first-order chi connectivity index (χ1) is 24.5. The Morgan fingerprint density at radius 3 is 0.907 bits per heavy atom. The van der Waals surface area contributed by atoms with Crippen molar-refractivity contribution in [2.45, 2.75) is 47.6 Å². The third kappa shape index (κ3) is 6.97. The van der Waals surface area contributed by atoms with Gasteiger partial charge in [-0.25, -0.2) is 0 Å². The average molecular weight is 802 g/mol. The second-order valence-electron chi connectivity index (χ2n) is 11.0. The number of benzene rings is 3. The molecule has 4 aromatic rings. The van der Waals surface area contributed by atoms with Crippen LogP contribution in [0, 0.1) is 0 Å². The third-order valence-electron chi connectivity index (χ3n) is 7.19. The number of nitrogen functional groups attached to an aromatic ring is 2. The van der Waals surface area contributed by atoms with Crippen LogP contribution in [0.4, 0.5) is 121 Å². The van der Waals surface area contributed by atoms with Crippen molar-refractivity contribution in [3.05, 3.63) is 78.4 Å². The van der Waals surface area contributed by atoms with Crippen molar-refractivity contribution < 1.29 is 74.6 Å². The van der Waals surface area contributed by atoms with Gasteiger partial charge in [0.25, 0.3) is 0 Å². The van der Waals surface area contributed by atoms with Gasteiger partial charge >= 0.3 is 47.6 Å². The monoisotopic (exact) mass is 802 g/mol. The Morgan fingerprint density at radius 2 is 0.611 bits per heavy atom. The van der Waals surface area contributed by atoms with E-state index in [-0.39, 0.29) is 24.0 Å². The van der Waals surface area contributed by atoms with Crippen LogP contribution in [0.1, 0.15) is 5.56 Å². The number of rotatable bonds is 13. The van der Waals surface area contributed by atoms with Crippen molar-refractivity contribution in [3.63, 3.8) is 0 Å². The zero-order valence-corrected chi connectivity index (χ0v) is 25.8. The van der Waals surface area contributed by atoms with Crippen LogP contribution in [-0.2, 0) is 5.92 Å². The van der Waals surface area contributed by atoms with Gasteiger partial charge in [-0.1, -0.05) is 12.1 Å². The lowest BCUT2D eigenvalue weighted by atomic mass is 9.87. The topological polar surface area (TPSA) is 127 Å². The van der Waals surface area contributed by atoms with Crippen LogP contribution in [0.5, 0.6) is 0 Å². The molecule has 54 heavy (non-hydrogen) atoms. The van der Waals surface area contributed by atoms with E-state index in [9.17, 15) is 74.6 Å². The molecule has 0 bridgehead atoms. The van der Waals surface area contributed by atoms with Gasteiger partial charge < -0.3 is 27.4 Å². The Balaban J connectivity index is 1.65. The second-order valence-corrected chi connectivity index (χ2v) is 11.0. The summed E-state index contributed by atoms with van der Waals surface area (Å²) < 4.78 is 233. The number of hydrogen-bond donors (Lipinski definition) is 5. The number of hydrogen-bond acceptors (Lipinski definition) is 8. The van der Waals surface area contributed by atoms with E-state index < -0.39 is 64.8 Å². The molecule has 0 saturated carbocycles. The van der Waals surface area contributed by atoms with Gasteiger partial charge in [0.05, 0.1) is 0 Å². The molecule has 0 radical (unpaired) electrons. The molecule has 0 aliphatic heterocycles. The predicted molar refractivity (Wildman–Crippen MR) is 157 cm³/mol. The smallest absolute Gasteiger partial charge is 0.399 e. The summed E-state index contributed by atoms with van der Waals surface area (Å²) in [5, 5.41) is 7.92. The molecule has 0 atom stereocenters. The average Bonchev–Trinajstić information content (AvgIpc) is 3.06. The molecule has 25 heteroatoms. The Bertz CT molecular complexity index is 1870. The fourth-order valence-corrected chi connectivity index (χ4v) is 4.17. The lowest BCUT2D eigenvalue weighted by Crippen LogP contribution is -2.74. The molecular formula is C29H19F17N8. The molecule has 7 N–H and O–H groups in total. The predicted octanol–water partition coefficient (Wildman–Crippen LogP) is 9.73. The van der Waals surface area contributed by atoms with E-state index in [2.05, 4.69) is 30.9 Å². The second kappa shape index (κ2) is 13.4. The van der Waals surface area contributed by atoms with E-state index >= 15 is 0 Å². The molecule has 0 amide bonds. The van der Waals surface area contributed by atoms with Gasteiger partial charge in [-0.3, -0.25) is 0 Å². The van der Waals surface area contributed by atoms with Crippen LogP contribution < -0.4 is 27.4 Å². The standard InChI is InChI=1S/C29H19F17N8/c30-22(31,23(32,33)24(34,35)25(36,37)26(38,39)27(40,41)28(42,43)29(44,45)46)13-1-7-16(8-2-13)49-19-52-20(50-17-9-3-14(47)4-10-17)54-21(53-19)51-18-11-5-15(48)6-12-18/h1-12H,47-48H2,(H3,49,50,51,52,53,54). The van der Waals surface area contributed by atoms with Crippen molar-refractivity contribution in [3.8, 4) is 0 Å². The van der Waals surface area contributed by atoms with Crippen molar-refractivity contribution in [1.82, 2.24) is 15.0 Å². The molecule has 0 fully saturated rings. The summed E-state index contributed by atoms with van der Waals surface area (Å²) in [4.78, 5) is 12.1. The minimum atomic E-state index is -8.72. The first-order valence-corrected chi connectivity index (χ1v) is 14.1. The molecule has 0 aliphatic rings. The highest BCUT2D eigenvalue weighted by Gasteiger charge is 2.95. The summed E-state index contributed by atoms with van der Waals surface area (Å²) in [5.41, 5.74) is 9.93. The summed E-state index contributed by atoms with van der Waals surface area (Å²) in [5.74, 6) is -58.1. The van der Waals surface area contributed by atoms with Gasteiger partial charge in [0, 0.05) is 34.0 Å². The summed E-state index contributed by atoms with van der Waals surface area (Å²) in [6, 6.07) is 12.4. The summed E-state index contributed by atoms with van der Waals surface area (Å²) in [6.07, 6.45) is -7.83. The Morgan fingerprint density at radius 1 is 0.352 bits per heavy atom. The molecule has 3 aromatic carbocycles. The van der Waals surface area contributed by atoms with Crippen LogP contribution in [-0.4, -0.2) is 56.7 Å². The summed E-state index contributed by atoms with van der Waals surface area (Å²) in [7, 11) is 0. The molecule has 4 rings (SSSR count). The van der Waals surface area contributed by atoms with Crippen molar-refractivity contribution in [1.29, 1.82) is 0 Å². The third-order valence-corrected chi connectivity index (χ3v) is 7.19. The van der Waals surface area contributed by atoms with Crippen molar-refractivity contribution >= 4 is 46.3 Å². The Labute approximate surface area is 289 Å². The van der Waals surface area contributed by atoms with E-state index in [1.165, 1.54) is 48.5 Å². The number of aromatic nitrogens is 3. The minimum Gasteiger partial charge on any atom is -0.399 e. The lowest BCUT2D eigenvalue weighted by molar-refractivity contribution is -0.462. The zero-order chi connectivity index (χ0) is 40.9. The molecule has 1 aromatic heterocycles. The molecule has 0 spiro atoms. The van der Waals surface area contributed by atoms with Crippen molar-refractivity contribution in [2.24, 2.45) is 0 Å². The lowest BCUT2D eigenvalue weighted by Gasteiger charge is -2.42. The first kappa shape index (κ1) is 41.2. The number of nitrogens with two attached hydrogens (primary N) is 2. The number of nitrogens with one attached hydrogen (secondary N) is 3. The largest absolute Gasteiger partial charge is 0.460 e. The van der Waals surface area contributed by atoms with Gasteiger partial charge in [-0.2, -0.15) is 89.6 Å². The van der Waals surface area contributed by atoms with Gasteiger partial charge in [0.2, 0.25) is 17.8 Å². The maximum atomic E-state index is 14.8. The molecule has 0 aliphatic carbocycles. The fraction of sp³-hybridized carbons (Fsp3) is 0.276. The van der Waals surface area contributed by atoms with Gasteiger partial charge in [-0.15, -0.1) is 0 Å². The van der Waals surface area contributed by atoms with E-state index in [0.717, 1.165) is 0 Å². The summed E-state index contributed by atoms with van der Waals surface area (Å²) >= 11 is 0. The molecular weight excluding hydrogens is 783 g/mol. The molecule has 0 saturated heterocycles. The number of anilines is 8. The fourth-order valence-electron chi connectivity index (χ4n) is 4.17. The van der Waals surface area contributed by atoms with Gasteiger partial charge in [0.15, 0.2) is 0 Å². The van der Waals surface area contributed by atoms with E-state index in [0.29, 0.717) is 34.9 Å². The molecule has 1 heterocycles. The van der Waals surface area contributed by atoms with Crippen LogP contribution in [0.2, 0.25) is 0 Å². The minimum absolute atomic E-state index is 0.169. The quantitative estimate of drug-likeness (QED) is 0.0669. The van der Waals surface area contributed by atoms with Gasteiger partial charge in [-0.05, 0) is 60.7 Å². The highest BCUT2D eigenvalue weighted by atomic mass is 19.4. The zero-order valence-electron chi connectivity index (χ0n) is 25.8. The maximum Gasteiger partial charge on any atom is 0.460 e. The van der Waals surface area contributed by atoms with Crippen LogP contribution in [0.25, 0.3) is 0 Å². The number of halogens is 17. The van der Waals surface area contributed by atoms with Crippen LogP contribution in [0.3, 0.4) is 0 Å². The van der Waals surface area contributed by atoms with Crippen LogP contribution in [0.15, 0.2) is 72.8 Å². The van der Waals surface area contributed by atoms with Gasteiger partial charge in [0.1, 0.15) is 0 Å². The van der Waals surface area contributed by atoms with E-state index in [4.69, 9.17) is 11.5 Å².